The molecule has 0 spiro atoms. The second-order valence-electron chi connectivity index (χ2n) is 6.54. The molecule has 0 radical (unpaired) electrons. The van der Waals surface area contributed by atoms with Gasteiger partial charge in [0.15, 0.2) is 0 Å². The van der Waals surface area contributed by atoms with Crippen LogP contribution in [0.2, 0.25) is 0 Å². The number of hydrogen-bond donors (Lipinski definition) is 0. The zero-order chi connectivity index (χ0) is 18.4. The molecule has 0 aliphatic rings. The van der Waals surface area contributed by atoms with Gasteiger partial charge in [0.05, 0.1) is 12.2 Å². The Bertz CT molecular complexity index is 692. The lowest BCUT2D eigenvalue weighted by atomic mass is 10.2. The molecule has 0 N–H and O–H groups in total. The summed E-state index contributed by atoms with van der Waals surface area (Å²) in [5, 5.41) is 0. The van der Waals surface area contributed by atoms with Crippen molar-refractivity contribution < 1.29 is 9.53 Å². The van der Waals surface area contributed by atoms with Crippen molar-refractivity contribution in [2.45, 2.75) is 13.8 Å². The van der Waals surface area contributed by atoms with Crippen LogP contribution < -0.4 is 0 Å². The Morgan fingerprint density at radius 3 is 2.36 bits per heavy atom. The maximum atomic E-state index is 13.1. The largest absolute Gasteiger partial charge is 0.383 e. The van der Waals surface area contributed by atoms with Gasteiger partial charge in [0.1, 0.15) is 0 Å². The zero-order valence-electron chi connectivity index (χ0n) is 16.0. The Morgan fingerprint density at radius 1 is 1.08 bits per heavy atom. The van der Waals surface area contributed by atoms with Gasteiger partial charge in [-0.25, -0.2) is 0 Å². The number of carbonyl (C=O) groups is 1. The maximum Gasteiger partial charge on any atom is 0.255 e. The van der Waals surface area contributed by atoms with Crippen LogP contribution in [0.1, 0.15) is 21.7 Å². The number of aromatic nitrogens is 1. The maximum absolute atomic E-state index is 13.1. The third kappa shape index (κ3) is 4.71. The van der Waals surface area contributed by atoms with Crippen molar-refractivity contribution in [3.8, 4) is 5.69 Å². The Kier molecular flexibility index (Phi) is 6.79. The minimum absolute atomic E-state index is 0.0641. The van der Waals surface area contributed by atoms with Crippen LogP contribution >= 0.6 is 0 Å². The van der Waals surface area contributed by atoms with Crippen molar-refractivity contribution >= 4 is 5.91 Å². The van der Waals surface area contributed by atoms with Gasteiger partial charge in [0.2, 0.25) is 0 Å². The fourth-order valence-corrected chi connectivity index (χ4v) is 2.96. The third-order valence-corrected chi connectivity index (χ3v) is 4.35. The highest BCUT2D eigenvalue weighted by Crippen LogP contribution is 2.22. The van der Waals surface area contributed by atoms with E-state index in [-0.39, 0.29) is 5.91 Å². The fourth-order valence-electron chi connectivity index (χ4n) is 2.96. The molecular formula is C20H29N3O2. The molecule has 0 aliphatic heterocycles. The van der Waals surface area contributed by atoms with Gasteiger partial charge in [-0.1, -0.05) is 18.2 Å². The molecule has 0 atom stereocenters. The lowest BCUT2D eigenvalue weighted by molar-refractivity contribution is 0.0682. The smallest absolute Gasteiger partial charge is 0.255 e. The van der Waals surface area contributed by atoms with Crippen LogP contribution in [-0.2, 0) is 4.74 Å². The van der Waals surface area contributed by atoms with E-state index in [4.69, 9.17) is 4.74 Å². The summed E-state index contributed by atoms with van der Waals surface area (Å²) in [5.74, 6) is 0.0641. The van der Waals surface area contributed by atoms with Gasteiger partial charge < -0.3 is 19.1 Å². The van der Waals surface area contributed by atoms with Crippen LogP contribution in [-0.4, -0.2) is 67.7 Å². The molecule has 25 heavy (non-hydrogen) atoms. The predicted octanol–water partition coefficient (Wildman–Crippen LogP) is 2.74. The summed E-state index contributed by atoms with van der Waals surface area (Å²) in [4.78, 5) is 17.1. The minimum Gasteiger partial charge on any atom is -0.383 e. The van der Waals surface area contributed by atoms with Crippen LogP contribution in [0.15, 0.2) is 36.4 Å². The van der Waals surface area contributed by atoms with E-state index in [0.717, 1.165) is 29.2 Å². The first-order valence-corrected chi connectivity index (χ1v) is 8.63. The summed E-state index contributed by atoms with van der Waals surface area (Å²) in [6.07, 6.45) is 0. The highest BCUT2D eigenvalue weighted by Gasteiger charge is 2.21. The van der Waals surface area contributed by atoms with Crippen molar-refractivity contribution in [2.75, 3.05) is 47.4 Å². The second kappa shape index (κ2) is 8.83. The lowest BCUT2D eigenvalue weighted by Crippen LogP contribution is -2.39. The number of likely N-dealkylation sites (N-methyl/N-ethyl adjacent to an activating group) is 1. The molecule has 1 aromatic carbocycles. The molecule has 1 aromatic heterocycles. The monoisotopic (exact) mass is 343 g/mol. The Morgan fingerprint density at radius 2 is 1.76 bits per heavy atom. The van der Waals surface area contributed by atoms with Gasteiger partial charge in [-0.2, -0.15) is 0 Å². The summed E-state index contributed by atoms with van der Waals surface area (Å²) in [5.41, 5.74) is 3.87. The number of hydrogen-bond acceptors (Lipinski definition) is 3. The molecule has 0 saturated carbocycles. The van der Waals surface area contributed by atoms with E-state index in [1.807, 2.05) is 57.1 Å². The number of amides is 1. The van der Waals surface area contributed by atoms with E-state index >= 15 is 0 Å². The van der Waals surface area contributed by atoms with Gasteiger partial charge in [0.25, 0.3) is 5.91 Å². The van der Waals surface area contributed by atoms with Gasteiger partial charge >= 0.3 is 0 Å². The SMILES string of the molecule is COCCN(CCN(C)C)C(=O)c1cc(C)n(-c2ccccc2)c1C. The van der Waals surface area contributed by atoms with E-state index in [9.17, 15) is 4.79 Å². The summed E-state index contributed by atoms with van der Waals surface area (Å²) in [6, 6.07) is 12.1. The quantitative estimate of drug-likeness (QED) is 0.740. The molecule has 136 valence electrons. The van der Waals surface area contributed by atoms with Crippen molar-refractivity contribution in [2.24, 2.45) is 0 Å². The van der Waals surface area contributed by atoms with Crippen LogP contribution in [0.25, 0.3) is 5.69 Å². The van der Waals surface area contributed by atoms with Crippen molar-refractivity contribution in [3.05, 3.63) is 53.3 Å². The molecule has 0 fully saturated rings. The average Bonchev–Trinajstić information content (AvgIpc) is 2.89. The van der Waals surface area contributed by atoms with E-state index in [0.29, 0.717) is 19.7 Å². The van der Waals surface area contributed by atoms with Gasteiger partial charge in [-0.05, 0) is 46.1 Å². The van der Waals surface area contributed by atoms with Gasteiger partial charge in [-0.15, -0.1) is 0 Å². The lowest BCUT2D eigenvalue weighted by Gasteiger charge is -2.24. The standard InChI is InChI=1S/C20H29N3O2/c1-16-15-19(17(2)23(16)18-9-7-6-8-10-18)20(24)22(13-14-25-5)12-11-21(3)4/h6-10,15H,11-14H2,1-5H3. The Balaban J connectivity index is 2.30. The second-order valence-corrected chi connectivity index (χ2v) is 6.54. The molecule has 2 rings (SSSR count). The summed E-state index contributed by atoms with van der Waals surface area (Å²) >= 11 is 0. The van der Waals surface area contributed by atoms with Gasteiger partial charge in [0, 0.05) is 43.8 Å². The van der Waals surface area contributed by atoms with E-state index < -0.39 is 0 Å². The zero-order valence-corrected chi connectivity index (χ0v) is 16.0. The number of benzene rings is 1. The molecule has 0 unspecified atom stereocenters. The summed E-state index contributed by atoms with van der Waals surface area (Å²) < 4.78 is 7.31. The highest BCUT2D eigenvalue weighted by molar-refractivity contribution is 5.96. The van der Waals surface area contributed by atoms with Gasteiger partial charge in [-0.3, -0.25) is 4.79 Å². The first-order chi connectivity index (χ1) is 12.0. The number of methoxy groups -OCH3 is 1. The molecule has 1 heterocycles. The first kappa shape index (κ1) is 19.2. The van der Waals surface area contributed by atoms with Crippen molar-refractivity contribution in [1.29, 1.82) is 0 Å². The number of rotatable bonds is 8. The number of nitrogens with zero attached hydrogens (tertiary/aromatic N) is 3. The van der Waals surface area contributed by atoms with Crippen LogP contribution in [0.3, 0.4) is 0 Å². The Labute approximate surface area is 150 Å². The van der Waals surface area contributed by atoms with E-state index in [1.54, 1.807) is 7.11 Å². The van der Waals surface area contributed by atoms with E-state index in [1.165, 1.54) is 0 Å². The molecule has 0 saturated heterocycles. The number of ether oxygens (including phenoxy) is 1. The van der Waals surface area contributed by atoms with Crippen LogP contribution in [0, 0.1) is 13.8 Å². The number of para-hydroxylation sites is 1. The van der Waals surface area contributed by atoms with Crippen LogP contribution in [0.5, 0.6) is 0 Å². The number of carbonyl (C=O) groups excluding carboxylic acids is 1. The predicted molar refractivity (Wildman–Crippen MR) is 102 cm³/mol. The first-order valence-electron chi connectivity index (χ1n) is 8.63. The van der Waals surface area contributed by atoms with Crippen molar-refractivity contribution in [3.63, 3.8) is 0 Å². The molecule has 5 heteroatoms. The van der Waals surface area contributed by atoms with E-state index in [2.05, 4.69) is 21.6 Å². The molecule has 5 nitrogen and oxygen atoms in total. The summed E-state index contributed by atoms with van der Waals surface area (Å²) in [7, 11) is 5.69. The molecule has 0 bridgehead atoms. The Hall–Kier alpha value is -2.11. The molecule has 0 aliphatic carbocycles. The van der Waals surface area contributed by atoms with Crippen LogP contribution in [0.4, 0.5) is 0 Å². The minimum atomic E-state index is 0.0641. The number of aryl methyl sites for hydroxylation is 1. The molecule has 1 amide bonds. The van der Waals surface area contributed by atoms with Crippen molar-refractivity contribution in [1.82, 2.24) is 14.4 Å². The topological polar surface area (TPSA) is 37.7 Å². The molecule has 2 aromatic rings. The average molecular weight is 343 g/mol. The fraction of sp³-hybridized carbons (Fsp3) is 0.450. The normalized spacial score (nSPS) is 11.1. The highest BCUT2D eigenvalue weighted by atomic mass is 16.5. The summed E-state index contributed by atoms with van der Waals surface area (Å²) in [6.45, 7) is 6.69. The molecular weight excluding hydrogens is 314 g/mol. The third-order valence-electron chi connectivity index (χ3n) is 4.35.